The molecule has 1 fully saturated rings. The Balaban J connectivity index is 2.23. The minimum atomic E-state index is -3.46. The third kappa shape index (κ3) is 3.45. The van der Waals surface area contributed by atoms with Gasteiger partial charge in [0.15, 0.2) is 0 Å². The highest BCUT2D eigenvalue weighted by atomic mass is 32.2. The summed E-state index contributed by atoms with van der Waals surface area (Å²) in [6.45, 7) is 5.20. The first-order chi connectivity index (χ1) is 10.4. The smallest absolute Gasteiger partial charge is 0.282 e. The summed E-state index contributed by atoms with van der Waals surface area (Å²) in [7, 11) is -0.208. The molecule has 0 spiro atoms. The molecule has 0 amide bonds. The maximum absolute atomic E-state index is 12.9. The minimum absolute atomic E-state index is 0.279. The molecule has 0 bridgehead atoms. The van der Waals surface area contributed by atoms with E-state index in [4.69, 9.17) is 4.74 Å². The van der Waals surface area contributed by atoms with Crippen molar-refractivity contribution < 1.29 is 13.2 Å². The van der Waals surface area contributed by atoms with E-state index in [1.807, 2.05) is 31.2 Å². The second-order valence-electron chi connectivity index (χ2n) is 6.05. The largest absolute Gasteiger partial charge is 0.496 e. The van der Waals surface area contributed by atoms with Crippen molar-refractivity contribution in [3.8, 4) is 5.75 Å². The number of hydrogen-bond acceptors (Lipinski definition) is 3. The SMILES string of the molecule is COc1ccccc1[C@@H](C)N(C)S(=O)(=O)N1CCC[C@@H](C)C1. The third-order valence-corrected chi connectivity index (χ3v) is 6.47. The molecule has 1 aliphatic heterocycles. The van der Waals surface area contributed by atoms with Crippen molar-refractivity contribution in [2.24, 2.45) is 5.92 Å². The predicted octanol–water partition coefficient (Wildman–Crippen LogP) is 2.66. The summed E-state index contributed by atoms with van der Waals surface area (Å²) in [5.74, 6) is 1.13. The Labute approximate surface area is 134 Å². The van der Waals surface area contributed by atoms with Crippen LogP contribution in [0.4, 0.5) is 0 Å². The third-order valence-electron chi connectivity index (χ3n) is 4.44. The molecule has 1 aromatic carbocycles. The number of hydrogen-bond donors (Lipinski definition) is 0. The molecule has 2 atom stereocenters. The number of piperidine rings is 1. The van der Waals surface area contributed by atoms with Crippen molar-refractivity contribution in [1.29, 1.82) is 0 Å². The van der Waals surface area contributed by atoms with Gasteiger partial charge >= 0.3 is 0 Å². The first kappa shape index (κ1) is 17.2. The van der Waals surface area contributed by atoms with Gasteiger partial charge in [0.2, 0.25) is 0 Å². The van der Waals surface area contributed by atoms with E-state index in [1.165, 1.54) is 4.31 Å². The molecule has 1 saturated heterocycles. The Morgan fingerprint density at radius 3 is 2.68 bits per heavy atom. The summed E-state index contributed by atoms with van der Waals surface area (Å²) in [5, 5.41) is 0. The fraction of sp³-hybridized carbons (Fsp3) is 0.625. The number of benzene rings is 1. The first-order valence-corrected chi connectivity index (χ1v) is 9.13. The van der Waals surface area contributed by atoms with Crippen molar-refractivity contribution in [2.45, 2.75) is 32.7 Å². The molecule has 1 aromatic rings. The zero-order chi connectivity index (χ0) is 16.3. The van der Waals surface area contributed by atoms with Crippen LogP contribution in [-0.2, 0) is 10.2 Å². The van der Waals surface area contributed by atoms with Crippen LogP contribution < -0.4 is 4.74 Å². The molecule has 1 heterocycles. The maximum Gasteiger partial charge on any atom is 0.282 e. The lowest BCUT2D eigenvalue weighted by atomic mass is 10.0. The zero-order valence-corrected chi connectivity index (χ0v) is 14.6. The molecular formula is C16H26N2O3S. The Bertz CT molecular complexity index is 603. The number of ether oxygens (including phenoxy) is 1. The van der Waals surface area contributed by atoms with Crippen LogP contribution in [0.2, 0.25) is 0 Å². The zero-order valence-electron chi connectivity index (χ0n) is 13.8. The predicted molar refractivity (Wildman–Crippen MR) is 88.1 cm³/mol. The van der Waals surface area contributed by atoms with E-state index in [2.05, 4.69) is 6.92 Å². The number of para-hydroxylation sites is 1. The topological polar surface area (TPSA) is 49.9 Å². The average molecular weight is 326 g/mol. The van der Waals surface area contributed by atoms with Crippen LogP contribution in [0.15, 0.2) is 24.3 Å². The molecular weight excluding hydrogens is 300 g/mol. The Morgan fingerprint density at radius 1 is 1.36 bits per heavy atom. The van der Waals surface area contributed by atoms with E-state index < -0.39 is 10.2 Å². The summed E-state index contributed by atoms with van der Waals surface area (Å²) in [6, 6.07) is 7.27. The van der Waals surface area contributed by atoms with Crippen LogP contribution in [0.5, 0.6) is 5.75 Å². The van der Waals surface area contributed by atoms with Crippen LogP contribution in [-0.4, -0.2) is 44.3 Å². The standard InChI is InChI=1S/C16H26N2O3S/c1-13-8-7-11-18(12-13)22(19,20)17(3)14(2)15-9-5-6-10-16(15)21-4/h5-6,9-10,13-14H,7-8,11-12H2,1-4H3/t13-,14-/m1/s1. The molecule has 0 aromatic heterocycles. The monoisotopic (exact) mass is 326 g/mol. The lowest BCUT2D eigenvalue weighted by Gasteiger charge is -2.35. The lowest BCUT2D eigenvalue weighted by Crippen LogP contribution is -2.46. The van der Waals surface area contributed by atoms with Gasteiger partial charge in [0.05, 0.1) is 13.2 Å². The highest BCUT2D eigenvalue weighted by Crippen LogP contribution is 2.31. The summed E-state index contributed by atoms with van der Waals surface area (Å²) in [5.41, 5.74) is 0.876. The molecule has 0 unspecified atom stereocenters. The molecule has 0 N–H and O–H groups in total. The summed E-state index contributed by atoms with van der Waals surface area (Å²) < 4.78 is 34.1. The van der Waals surface area contributed by atoms with Crippen molar-refractivity contribution in [1.82, 2.24) is 8.61 Å². The molecule has 124 valence electrons. The Morgan fingerprint density at radius 2 is 2.05 bits per heavy atom. The van der Waals surface area contributed by atoms with Crippen molar-refractivity contribution >= 4 is 10.2 Å². The van der Waals surface area contributed by atoms with Crippen LogP contribution >= 0.6 is 0 Å². The van der Waals surface area contributed by atoms with Crippen LogP contribution in [0.25, 0.3) is 0 Å². The molecule has 2 rings (SSSR count). The normalized spacial score (nSPS) is 21.8. The van der Waals surface area contributed by atoms with Crippen LogP contribution in [0.1, 0.15) is 38.3 Å². The van der Waals surface area contributed by atoms with Gasteiger partial charge in [0.1, 0.15) is 5.75 Å². The van der Waals surface area contributed by atoms with Gasteiger partial charge in [-0.05, 0) is 31.7 Å². The Kier molecular flexibility index (Phi) is 5.47. The van der Waals surface area contributed by atoms with Crippen LogP contribution in [0.3, 0.4) is 0 Å². The molecule has 1 aliphatic rings. The first-order valence-electron chi connectivity index (χ1n) is 7.74. The summed E-state index contributed by atoms with van der Waals surface area (Å²) >= 11 is 0. The number of nitrogens with zero attached hydrogens (tertiary/aromatic N) is 2. The van der Waals surface area contributed by atoms with Gasteiger partial charge in [-0.3, -0.25) is 0 Å². The molecule has 6 heteroatoms. The van der Waals surface area contributed by atoms with Gasteiger partial charge in [0, 0.05) is 25.7 Å². The van der Waals surface area contributed by atoms with E-state index in [9.17, 15) is 8.42 Å². The minimum Gasteiger partial charge on any atom is -0.496 e. The molecule has 0 aliphatic carbocycles. The van der Waals surface area contributed by atoms with Crippen molar-refractivity contribution in [2.75, 3.05) is 27.2 Å². The van der Waals surface area contributed by atoms with Gasteiger partial charge in [-0.15, -0.1) is 0 Å². The fourth-order valence-electron chi connectivity index (χ4n) is 2.95. The van der Waals surface area contributed by atoms with Crippen molar-refractivity contribution in [3.63, 3.8) is 0 Å². The van der Waals surface area contributed by atoms with Gasteiger partial charge < -0.3 is 4.74 Å². The maximum atomic E-state index is 12.9. The number of rotatable bonds is 5. The van der Waals surface area contributed by atoms with E-state index in [1.54, 1.807) is 18.5 Å². The summed E-state index contributed by atoms with van der Waals surface area (Å²) in [6.07, 6.45) is 2.02. The van der Waals surface area contributed by atoms with E-state index >= 15 is 0 Å². The molecule has 0 saturated carbocycles. The van der Waals surface area contributed by atoms with Crippen molar-refractivity contribution in [3.05, 3.63) is 29.8 Å². The second kappa shape index (κ2) is 6.98. The second-order valence-corrected chi connectivity index (χ2v) is 8.04. The van der Waals surface area contributed by atoms with Gasteiger partial charge in [0.25, 0.3) is 10.2 Å². The van der Waals surface area contributed by atoms with Gasteiger partial charge in [-0.1, -0.05) is 25.1 Å². The molecule has 0 radical (unpaired) electrons. The quantitative estimate of drug-likeness (QED) is 0.836. The average Bonchev–Trinajstić information content (AvgIpc) is 2.53. The van der Waals surface area contributed by atoms with Crippen LogP contribution in [0, 0.1) is 5.92 Å². The molecule has 22 heavy (non-hydrogen) atoms. The van der Waals surface area contributed by atoms with E-state index in [-0.39, 0.29) is 6.04 Å². The van der Waals surface area contributed by atoms with Gasteiger partial charge in [-0.2, -0.15) is 17.0 Å². The lowest BCUT2D eigenvalue weighted by molar-refractivity contribution is 0.254. The Hall–Kier alpha value is -1.11. The molecule has 5 nitrogen and oxygen atoms in total. The number of methoxy groups -OCH3 is 1. The highest BCUT2D eigenvalue weighted by Gasteiger charge is 2.33. The fourth-order valence-corrected chi connectivity index (χ4v) is 4.63. The van der Waals surface area contributed by atoms with Gasteiger partial charge in [-0.25, -0.2) is 0 Å². The van der Waals surface area contributed by atoms with E-state index in [0.717, 1.165) is 18.4 Å². The summed E-state index contributed by atoms with van der Waals surface area (Å²) in [4.78, 5) is 0. The highest BCUT2D eigenvalue weighted by molar-refractivity contribution is 7.86. The van der Waals surface area contributed by atoms with E-state index in [0.29, 0.717) is 24.8 Å².